The molecule has 21 heavy (non-hydrogen) atoms. The first-order valence-electron chi connectivity index (χ1n) is 5.60. The number of benzene rings is 2. The molecule has 4 N–H and O–H groups in total. The smallest absolute Gasteiger partial charge is 0.124 e. The Bertz CT molecular complexity index is 550. The van der Waals surface area contributed by atoms with Crippen LogP contribution < -0.4 is 0 Å². The summed E-state index contributed by atoms with van der Waals surface area (Å²) in [5.41, 5.74) is 1.01. The van der Waals surface area contributed by atoms with Crippen molar-refractivity contribution >= 4 is 12.4 Å². The maximum absolute atomic E-state index is 9.04. The van der Waals surface area contributed by atoms with Crippen molar-refractivity contribution < 1.29 is 37.1 Å². The van der Waals surface area contributed by atoms with Crippen molar-refractivity contribution in [1.82, 2.24) is 0 Å². The molecule has 0 heterocycles. The minimum Gasteiger partial charge on any atom is -0.507 e. The zero-order valence-corrected chi connectivity index (χ0v) is 11.8. The molecule has 0 aromatic heterocycles. The van der Waals surface area contributed by atoms with E-state index >= 15 is 0 Å². The van der Waals surface area contributed by atoms with Gasteiger partial charge in [-0.1, -0.05) is 34.6 Å². The number of phenols is 2. The Labute approximate surface area is 131 Å². The molecule has 6 nitrogen and oxygen atoms in total. The van der Waals surface area contributed by atoms with Crippen molar-refractivity contribution in [3.63, 3.8) is 0 Å². The summed E-state index contributed by atoms with van der Waals surface area (Å²) in [5, 5.41) is 39.8. The third kappa shape index (κ3) is 6.45. The predicted octanol–water partition coefficient (Wildman–Crippen LogP) is 2.40. The normalized spacial score (nSPS) is 9.90. The van der Waals surface area contributed by atoms with Crippen LogP contribution in [0.4, 0.5) is 0 Å². The van der Waals surface area contributed by atoms with Gasteiger partial charge in [-0.2, -0.15) is 0 Å². The Balaban J connectivity index is 0.000000364. The number of hydrogen-bond acceptors (Lipinski definition) is 6. The van der Waals surface area contributed by atoms with Crippen LogP contribution >= 0.6 is 0 Å². The Hall–Kier alpha value is -2.53. The molecule has 114 valence electrons. The number of nitrogens with zero attached hydrogens (tertiary/aromatic N) is 2. The van der Waals surface area contributed by atoms with Crippen molar-refractivity contribution in [2.75, 3.05) is 0 Å². The van der Waals surface area contributed by atoms with Crippen LogP contribution in [0.25, 0.3) is 0 Å². The molecule has 0 fully saturated rings. The Morgan fingerprint density at radius 2 is 1.00 bits per heavy atom. The average Bonchev–Trinajstić information content (AvgIpc) is 2.45. The summed E-state index contributed by atoms with van der Waals surface area (Å²) >= 11 is 0. The fourth-order valence-corrected chi connectivity index (χ4v) is 1.32. The summed E-state index contributed by atoms with van der Waals surface area (Å²) in [6.45, 7) is 0. The van der Waals surface area contributed by atoms with Gasteiger partial charge in [0, 0.05) is 27.6 Å². The van der Waals surface area contributed by atoms with Crippen LogP contribution in [0.1, 0.15) is 11.1 Å². The van der Waals surface area contributed by atoms with E-state index < -0.39 is 0 Å². The topological polar surface area (TPSA) is 106 Å². The second-order valence-corrected chi connectivity index (χ2v) is 3.61. The van der Waals surface area contributed by atoms with Crippen LogP contribution in [0, 0.1) is 0 Å². The van der Waals surface area contributed by atoms with Gasteiger partial charge in [0.15, 0.2) is 0 Å². The largest absolute Gasteiger partial charge is 0.507 e. The summed E-state index contributed by atoms with van der Waals surface area (Å²) in [7, 11) is 0. The van der Waals surface area contributed by atoms with Gasteiger partial charge in [-0.05, 0) is 24.3 Å². The molecule has 0 amide bonds. The van der Waals surface area contributed by atoms with Crippen molar-refractivity contribution in [1.29, 1.82) is 0 Å². The number of para-hydroxylation sites is 2. The van der Waals surface area contributed by atoms with Gasteiger partial charge in [-0.25, -0.2) is 0 Å². The minimum absolute atomic E-state index is 0. The van der Waals surface area contributed by atoms with E-state index in [2.05, 4.69) is 10.3 Å². The van der Waals surface area contributed by atoms with Crippen LogP contribution in [-0.2, 0) is 16.5 Å². The van der Waals surface area contributed by atoms with Crippen LogP contribution in [0.3, 0.4) is 0 Å². The molecule has 0 bridgehead atoms. The van der Waals surface area contributed by atoms with Gasteiger partial charge < -0.3 is 20.6 Å². The molecule has 2 aromatic carbocycles. The summed E-state index contributed by atoms with van der Waals surface area (Å²) in [6.07, 6.45) is 2.35. The van der Waals surface area contributed by atoms with Gasteiger partial charge in [0.25, 0.3) is 0 Å². The fourth-order valence-electron chi connectivity index (χ4n) is 1.32. The van der Waals surface area contributed by atoms with E-state index in [-0.39, 0.29) is 28.0 Å². The van der Waals surface area contributed by atoms with E-state index in [4.69, 9.17) is 20.6 Å². The monoisotopic (exact) mass is 332 g/mol. The first-order valence-corrected chi connectivity index (χ1v) is 5.60. The van der Waals surface area contributed by atoms with Gasteiger partial charge in [-0.3, -0.25) is 0 Å². The fraction of sp³-hybridized carbons (Fsp3) is 0. The minimum atomic E-state index is 0. The molecular formula is C14H14N2NiO4. The maximum Gasteiger partial charge on any atom is 0.124 e. The van der Waals surface area contributed by atoms with E-state index in [1.54, 1.807) is 36.4 Å². The summed E-state index contributed by atoms with van der Waals surface area (Å²) in [5.74, 6) is 0.223. The molecule has 0 unspecified atom stereocenters. The molecule has 0 saturated heterocycles. The summed E-state index contributed by atoms with van der Waals surface area (Å²) in [4.78, 5) is 0. The predicted molar refractivity (Wildman–Crippen MR) is 75.0 cm³/mol. The number of rotatable bonds is 2. The van der Waals surface area contributed by atoms with Crippen molar-refractivity contribution in [2.24, 2.45) is 10.3 Å². The average molecular weight is 333 g/mol. The first-order chi connectivity index (χ1) is 9.69. The second-order valence-electron chi connectivity index (χ2n) is 3.61. The molecule has 0 aliphatic heterocycles. The molecule has 2 aromatic rings. The van der Waals surface area contributed by atoms with Crippen molar-refractivity contribution in [2.45, 2.75) is 0 Å². The van der Waals surface area contributed by atoms with Gasteiger partial charge in [0.2, 0.25) is 0 Å². The number of oxime groups is 2. The van der Waals surface area contributed by atoms with Crippen LogP contribution in [0.2, 0.25) is 0 Å². The van der Waals surface area contributed by atoms with E-state index in [1.807, 2.05) is 0 Å². The van der Waals surface area contributed by atoms with Crippen LogP contribution in [-0.4, -0.2) is 33.1 Å². The summed E-state index contributed by atoms with van der Waals surface area (Å²) in [6, 6.07) is 13.2. The molecule has 0 atom stereocenters. The molecule has 7 heteroatoms. The molecule has 2 rings (SSSR count). The third-order valence-corrected chi connectivity index (χ3v) is 2.27. The number of phenolic OH excluding ortho intramolecular Hbond substituents is 2. The van der Waals surface area contributed by atoms with Gasteiger partial charge in [0.1, 0.15) is 11.5 Å². The molecule has 0 aliphatic rings. The summed E-state index contributed by atoms with van der Waals surface area (Å²) < 4.78 is 0. The Morgan fingerprint density at radius 3 is 1.29 bits per heavy atom. The standard InChI is InChI=1S/2C7H7NO2.Ni/c2*9-7-4-2-1-3-6(7)5-8-10;/h2*1-5,9-10H;. The molecule has 0 spiro atoms. The second kappa shape index (κ2) is 10.3. The van der Waals surface area contributed by atoms with Gasteiger partial charge in [-0.15, -0.1) is 0 Å². The van der Waals surface area contributed by atoms with Crippen LogP contribution in [0.5, 0.6) is 11.5 Å². The first kappa shape index (κ1) is 18.5. The van der Waals surface area contributed by atoms with E-state index in [1.165, 1.54) is 24.6 Å². The molecular weight excluding hydrogens is 319 g/mol. The van der Waals surface area contributed by atoms with Crippen molar-refractivity contribution in [3.05, 3.63) is 59.7 Å². The van der Waals surface area contributed by atoms with E-state index in [0.29, 0.717) is 11.1 Å². The quantitative estimate of drug-likeness (QED) is 0.293. The zero-order valence-electron chi connectivity index (χ0n) is 10.8. The third-order valence-electron chi connectivity index (χ3n) is 2.27. The van der Waals surface area contributed by atoms with E-state index in [0.717, 1.165) is 0 Å². The van der Waals surface area contributed by atoms with Gasteiger partial charge >= 0.3 is 0 Å². The zero-order chi connectivity index (χ0) is 14.8. The molecule has 0 radical (unpaired) electrons. The number of aromatic hydroxyl groups is 2. The molecule has 0 aliphatic carbocycles. The van der Waals surface area contributed by atoms with E-state index in [9.17, 15) is 0 Å². The van der Waals surface area contributed by atoms with Crippen LogP contribution in [0.15, 0.2) is 58.8 Å². The Kier molecular flexibility index (Phi) is 9.05. The maximum atomic E-state index is 9.04. The number of hydrogen-bond donors (Lipinski definition) is 4. The SMILES string of the molecule is ON=Cc1ccccc1O.ON=Cc1ccccc1O.[Ni]. The van der Waals surface area contributed by atoms with Crippen molar-refractivity contribution in [3.8, 4) is 11.5 Å². The molecule has 0 saturated carbocycles. The van der Waals surface area contributed by atoms with Gasteiger partial charge in [0.05, 0.1) is 12.4 Å². The Morgan fingerprint density at radius 1 is 0.667 bits per heavy atom.